The Labute approximate surface area is 166 Å². The van der Waals surface area contributed by atoms with Crippen molar-refractivity contribution in [3.63, 3.8) is 0 Å². The fourth-order valence-electron chi connectivity index (χ4n) is 2.69. The molecule has 1 aliphatic heterocycles. The van der Waals surface area contributed by atoms with Crippen molar-refractivity contribution < 1.29 is 19.1 Å². The summed E-state index contributed by atoms with van der Waals surface area (Å²) in [6.07, 6.45) is 3.26. The van der Waals surface area contributed by atoms with Gasteiger partial charge in [0.1, 0.15) is 6.10 Å². The van der Waals surface area contributed by atoms with E-state index in [9.17, 15) is 9.59 Å². The van der Waals surface area contributed by atoms with E-state index in [1.54, 1.807) is 31.2 Å². The van der Waals surface area contributed by atoms with Crippen LogP contribution in [-0.2, 0) is 14.3 Å². The van der Waals surface area contributed by atoms with Crippen LogP contribution in [0.25, 0.3) is 0 Å². The van der Waals surface area contributed by atoms with Crippen LogP contribution in [0.1, 0.15) is 35.2 Å². The van der Waals surface area contributed by atoms with Crippen LogP contribution in [0.4, 0.5) is 5.69 Å². The monoisotopic (exact) mass is 408 g/mol. The molecule has 1 aromatic carbocycles. The van der Waals surface area contributed by atoms with E-state index in [1.807, 2.05) is 0 Å². The molecular formula is C19H18Cl2N2O4. The van der Waals surface area contributed by atoms with Crippen molar-refractivity contribution in [2.45, 2.75) is 25.4 Å². The van der Waals surface area contributed by atoms with Gasteiger partial charge < -0.3 is 14.8 Å². The van der Waals surface area contributed by atoms with Gasteiger partial charge in [-0.25, -0.2) is 0 Å². The third-order valence-electron chi connectivity index (χ3n) is 4.27. The smallest absolute Gasteiger partial charge is 0.313 e. The number of hydrogen-bond donors (Lipinski definition) is 1. The van der Waals surface area contributed by atoms with Crippen LogP contribution in [0.3, 0.4) is 0 Å². The molecule has 1 saturated heterocycles. The minimum absolute atomic E-state index is 0.160. The zero-order valence-corrected chi connectivity index (χ0v) is 16.1. The lowest BCUT2D eigenvalue weighted by Gasteiger charge is -2.16. The Morgan fingerprint density at radius 3 is 2.48 bits per heavy atom. The fraction of sp³-hybridized carbons (Fsp3) is 0.316. The summed E-state index contributed by atoms with van der Waals surface area (Å²) >= 11 is 12.0. The van der Waals surface area contributed by atoms with Crippen molar-refractivity contribution >= 4 is 40.8 Å². The number of carbonyl (C=O) groups is 2. The normalized spacial score (nSPS) is 17.4. The number of halogens is 2. The maximum absolute atomic E-state index is 12.4. The van der Waals surface area contributed by atoms with Crippen LogP contribution >= 0.6 is 23.2 Å². The molecule has 0 aliphatic carbocycles. The number of esters is 1. The Morgan fingerprint density at radius 1 is 1.22 bits per heavy atom. The first-order valence-electron chi connectivity index (χ1n) is 8.44. The number of rotatable bonds is 5. The first-order chi connectivity index (χ1) is 13.0. The molecule has 0 spiro atoms. The van der Waals surface area contributed by atoms with E-state index in [1.165, 1.54) is 12.4 Å². The van der Waals surface area contributed by atoms with E-state index in [0.29, 0.717) is 18.9 Å². The van der Waals surface area contributed by atoms with Crippen LogP contribution in [0, 0.1) is 0 Å². The van der Waals surface area contributed by atoms with Crippen LogP contribution in [-0.4, -0.2) is 36.2 Å². The largest absolute Gasteiger partial charge is 0.459 e. The summed E-state index contributed by atoms with van der Waals surface area (Å²) in [5.41, 5.74) is 1.50. The van der Waals surface area contributed by atoms with Gasteiger partial charge in [-0.15, -0.1) is 0 Å². The number of pyridine rings is 1. The number of carbonyl (C=O) groups excluding carboxylic acids is 2. The minimum Gasteiger partial charge on any atom is -0.459 e. The number of nitrogens with zero attached hydrogens (tertiary/aromatic N) is 1. The zero-order valence-electron chi connectivity index (χ0n) is 14.6. The third kappa shape index (κ3) is 4.77. The molecule has 0 bridgehead atoms. The van der Waals surface area contributed by atoms with Crippen LogP contribution in [0.15, 0.2) is 36.7 Å². The molecule has 142 valence electrons. The van der Waals surface area contributed by atoms with Crippen molar-refractivity contribution in [1.82, 2.24) is 4.98 Å². The highest BCUT2D eigenvalue weighted by Crippen LogP contribution is 2.25. The van der Waals surface area contributed by atoms with E-state index in [-0.39, 0.29) is 27.7 Å². The quantitative estimate of drug-likeness (QED) is 0.754. The molecule has 8 heteroatoms. The second-order valence-electron chi connectivity index (χ2n) is 6.20. The Balaban J connectivity index is 1.64. The molecule has 2 atom stereocenters. The van der Waals surface area contributed by atoms with Crippen LogP contribution < -0.4 is 5.32 Å². The van der Waals surface area contributed by atoms with Crippen LogP contribution in [0.2, 0.25) is 10.0 Å². The van der Waals surface area contributed by atoms with E-state index in [4.69, 9.17) is 32.7 Å². The summed E-state index contributed by atoms with van der Waals surface area (Å²) in [6, 6.07) is 6.95. The molecule has 2 unspecified atom stereocenters. The lowest BCUT2D eigenvalue weighted by atomic mass is 10.0. The van der Waals surface area contributed by atoms with Gasteiger partial charge >= 0.3 is 5.97 Å². The summed E-state index contributed by atoms with van der Waals surface area (Å²) in [5.74, 6) is -1.15. The molecule has 1 amide bonds. The molecule has 1 aliphatic rings. The lowest BCUT2D eigenvalue weighted by Crippen LogP contribution is -2.22. The number of ether oxygens (including phenoxy) is 2. The SMILES string of the molecule is CC(C(=O)OC1CCOC1)c1ccc(NC(=O)c2c(Cl)cncc2Cl)cc1. The van der Waals surface area contributed by atoms with Gasteiger partial charge in [0.25, 0.3) is 5.91 Å². The second-order valence-corrected chi connectivity index (χ2v) is 7.01. The zero-order chi connectivity index (χ0) is 19.4. The highest BCUT2D eigenvalue weighted by Gasteiger charge is 2.24. The number of amides is 1. The first kappa shape index (κ1) is 19.6. The number of nitrogens with one attached hydrogen (secondary N) is 1. The standard InChI is InChI=1S/C19H18Cl2N2O4/c1-11(19(25)27-14-6-7-26-10-14)12-2-4-13(5-3-12)23-18(24)17-15(20)8-22-9-16(17)21/h2-5,8-9,11,14H,6-7,10H2,1H3,(H,23,24). The van der Waals surface area contributed by atoms with Crippen molar-refractivity contribution in [3.8, 4) is 0 Å². The van der Waals surface area contributed by atoms with Gasteiger partial charge in [-0.3, -0.25) is 14.6 Å². The van der Waals surface area contributed by atoms with Gasteiger partial charge in [0.15, 0.2) is 0 Å². The summed E-state index contributed by atoms with van der Waals surface area (Å²) in [5, 5.41) is 3.07. The number of anilines is 1. The first-order valence-corrected chi connectivity index (χ1v) is 9.20. The summed E-state index contributed by atoms with van der Waals surface area (Å²) < 4.78 is 10.6. The predicted molar refractivity (Wildman–Crippen MR) is 102 cm³/mol. The maximum Gasteiger partial charge on any atom is 0.313 e. The molecule has 2 aromatic rings. The highest BCUT2D eigenvalue weighted by molar-refractivity contribution is 6.40. The van der Waals surface area contributed by atoms with Crippen molar-refractivity contribution in [1.29, 1.82) is 0 Å². The molecule has 0 radical (unpaired) electrons. The second kappa shape index (κ2) is 8.69. The van der Waals surface area contributed by atoms with Crippen molar-refractivity contribution in [2.24, 2.45) is 0 Å². The molecule has 0 saturated carbocycles. The minimum atomic E-state index is -0.436. The summed E-state index contributed by atoms with van der Waals surface area (Å²) in [6.45, 7) is 2.85. The molecule has 1 aromatic heterocycles. The number of benzene rings is 1. The van der Waals surface area contributed by atoms with Gasteiger partial charge in [-0.1, -0.05) is 35.3 Å². The highest BCUT2D eigenvalue weighted by atomic mass is 35.5. The third-order valence-corrected chi connectivity index (χ3v) is 4.85. The molecule has 27 heavy (non-hydrogen) atoms. The predicted octanol–water partition coefficient (Wildman–Crippen LogP) is 4.08. The topological polar surface area (TPSA) is 77.5 Å². The van der Waals surface area contributed by atoms with Gasteiger partial charge in [-0.05, 0) is 24.6 Å². The Morgan fingerprint density at radius 2 is 1.89 bits per heavy atom. The van der Waals surface area contributed by atoms with Crippen LogP contribution in [0.5, 0.6) is 0 Å². The van der Waals surface area contributed by atoms with E-state index in [0.717, 1.165) is 12.0 Å². The lowest BCUT2D eigenvalue weighted by molar-refractivity contribution is -0.150. The average molecular weight is 409 g/mol. The molecule has 6 nitrogen and oxygen atoms in total. The molecular weight excluding hydrogens is 391 g/mol. The molecule has 3 rings (SSSR count). The van der Waals surface area contributed by atoms with Gasteiger partial charge in [0, 0.05) is 24.5 Å². The van der Waals surface area contributed by atoms with Gasteiger partial charge in [-0.2, -0.15) is 0 Å². The Kier molecular flexibility index (Phi) is 6.31. The Hall–Kier alpha value is -2.15. The number of hydrogen-bond acceptors (Lipinski definition) is 5. The van der Waals surface area contributed by atoms with Gasteiger partial charge in [0.2, 0.25) is 0 Å². The fourth-order valence-corrected chi connectivity index (χ4v) is 3.22. The Bertz CT molecular complexity index is 816. The van der Waals surface area contributed by atoms with Crippen molar-refractivity contribution in [2.75, 3.05) is 18.5 Å². The number of aromatic nitrogens is 1. The molecule has 1 N–H and O–H groups in total. The van der Waals surface area contributed by atoms with Gasteiger partial charge in [0.05, 0.1) is 34.7 Å². The average Bonchev–Trinajstić information content (AvgIpc) is 3.14. The van der Waals surface area contributed by atoms with E-state index in [2.05, 4.69) is 10.3 Å². The van der Waals surface area contributed by atoms with E-state index < -0.39 is 11.8 Å². The molecule has 2 heterocycles. The van der Waals surface area contributed by atoms with E-state index >= 15 is 0 Å². The van der Waals surface area contributed by atoms with Crippen molar-refractivity contribution in [3.05, 3.63) is 57.8 Å². The molecule has 1 fully saturated rings. The maximum atomic E-state index is 12.4. The summed E-state index contributed by atoms with van der Waals surface area (Å²) in [4.78, 5) is 28.4. The summed E-state index contributed by atoms with van der Waals surface area (Å²) in [7, 11) is 0.